The first-order valence-corrected chi connectivity index (χ1v) is 8.72. The predicted molar refractivity (Wildman–Crippen MR) is 100 cm³/mol. The van der Waals surface area contributed by atoms with Gasteiger partial charge in [-0.2, -0.15) is 0 Å². The molecule has 6 nitrogen and oxygen atoms in total. The molecule has 0 spiro atoms. The number of nitrogens with zero attached hydrogens (tertiary/aromatic N) is 3. The van der Waals surface area contributed by atoms with Crippen LogP contribution in [-0.4, -0.2) is 39.8 Å². The molecule has 1 aromatic carbocycles. The molecule has 7 heteroatoms. The average Bonchev–Trinajstić information content (AvgIpc) is 3.12. The lowest BCUT2D eigenvalue weighted by Gasteiger charge is -2.17. The summed E-state index contributed by atoms with van der Waals surface area (Å²) in [6.45, 7) is 4.80. The molecule has 0 aliphatic carbocycles. The van der Waals surface area contributed by atoms with Crippen molar-refractivity contribution in [3.05, 3.63) is 65.7 Å². The Balaban J connectivity index is 1.57. The summed E-state index contributed by atoms with van der Waals surface area (Å²) in [5, 5.41) is 3.18. The summed E-state index contributed by atoms with van der Waals surface area (Å²) in [4.78, 5) is 34.2. The van der Waals surface area contributed by atoms with Gasteiger partial charge in [0.25, 0.3) is 5.91 Å². The molecular formula is C19H19ClN4O2. The van der Waals surface area contributed by atoms with E-state index in [4.69, 9.17) is 11.6 Å². The standard InChI is InChI=1S/C19H19ClN4O2/c1-2-18(25)23-16-5-3-14(4-6-16)19(26)24-8-7-13(12-24)9-17-21-10-15(20)11-22-17/h2-6,10-11,13H,1,7-9,12H2,(H,23,25)/t13-/m1/s1. The maximum absolute atomic E-state index is 12.7. The topological polar surface area (TPSA) is 75.2 Å². The number of carbonyl (C=O) groups is 2. The van der Waals surface area contributed by atoms with Crippen LogP contribution >= 0.6 is 11.6 Å². The van der Waals surface area contributed by atoms with E-state index in [1.807, 2.05) is 4.90 Å². The van der Waals surface area contributed by atoms with E-state index in [0.29, 0.717) is 35.3 Å². The molecule has 0 bridgehead atoms. The van der Waals surface area contributed by atoms with Crippen molar-refractivity contribution < 1.29 is 9.59 Å². The number of halogens is 1. The van der Waals surface area contributed by atoms with Crippen LogP contribution in [-0.2, 0) is 11.2 Å². The van der Waals surface area contributed by atoms with Crippen LogP contribution in [0.3, 0.4) is 0 Å². The van der Waals surface area contributed by atoms with Gasteiger partial charge in [-0.3, -0.25) is 9.59 Å². The van der Waals surface area contributed by atoms with E-state index >= 15 is 0 Å². The van der Waals surface area contributed by atoms with Crippen LogP contribution in [0.5, 0.6) is 0 Å². The highest BCUT2D eigenvalue weighted by molar-refractivity contribution is 6.30. The van der Waals surface area contributed by atoms with E-state index in [1.165, 1.54) is 6.08 Å². The number of aromatic nitrogens is 2. The molecule has 0 radical (unpaired) electrons. The van der Waals surface area contributed by atoms with Gasteiger partial charge < -0.3 is 10.2 Å². The highest BCUT2D eigenvalue weighted by Crippen LogP contribution is 2.22. The monoisotopic (exact) mass is 370 g/mol. The Hall–Kier alpha value is -2.73. The average molecular weight is 371 g/mol. The number of amides is 2. The van der Waals surface area contributed by atoms with E-state index < -0.39 is 0 Å². The van der Waals surface area contributed by atoms with Crippen molar-refractivity contribution in [3.8, 4) is 0 Å². The number of hydrogen-bond acceptors (Lipinski definition) is 4. The molecule has 2 amide bonds. The minimum atomic E-state index is -0.282. The molecule has 134 valence electrons. The van der Waals surface area contributed by atoms with Gasteiger partial charge >= 0.3 is 0 Å². The minimum Gasteiger partial charge on any atom is -0.338 e. The molecule has 26 heavy (non-hydrogen) atoms. The maximum atomic E-state index is 12.7. The van der Waals surface area contributed by atoms with Crippen molar-refractivity contribution >= 4 is 29.1 Å². The van der Waals surface area contributed by atoms with Crippen LogP contribution in [0, 0.1) is 5.92 Å². The van der Waals surface area contributed by atoms with Crippen molar-refractivity contribution in [2.24, 2.45) is 5.92 Å². The number of carbonyl (C=O) groups excluding carboxylic acids is 2. The predicted octanol–water partition coefficient (Wildman–Crippen LogP) is 2.96. The largest absolute Gasteiger partial charge is 0.338 e. The zero-order valence-electron chi connectivity index (χ0n) is 14.2. The summed E-state index contributed by atoms with van der Waals surface area (Å²) >= 11 is 5.80. The number of likely N-dealkylation sites (tertiary alicyclic amines) is 1. The lowest BCUT2D eigenvalue weighted by atomic mass is 10.0. The van der Waals surface area contributed by atoms with E-state index in [0.717, 1.165) is 18.7 Å². The summed E-state index contributed by atoms with van der Waals surface area (Å²) in [5.74, 6) is 0.796. The summed E-state index contributed by atoms with van der Waals surface area (Å²) in [7, 11) is 0. The molecular weight excluding hydrogens is 352 g/mol. The summed E-state index contributed by atoms with van der Waals surface area (Å²) in [6.07, 6.45) is 6.04. The molecule has 2 heterocycles. The van der Waals surface area contributed by atoms with Gasteiger partial charge in [-0.15, -0.1) is 0 Å². The molecule has 1 aromatic heterocycles. The van der Waals surface area contributed by atoms with Gasteiger partial charge in [0.05, 0.1) is 5.02 Å². The van der Waals surface area contributed by atoms with Gasteiger partial charge in [0.15, 0.2) is 0 Å². The van der Waals surface area contributed by atoms with Crippen LogP contribution in [0.2, 0.25) is 5.02 Å². The van der Waals surface area contributed by atoms with Crippen molar-refractivity contribution in [3.63, 3.8) is 0 Å². The molecule has 1 fully saturated rings. The molecule has 1 aliphatic heterocycles. The lowest BCUT2D eigenvalue weighted by molar-refractivity contribution is -0.111. The van der Waals surface area contributed by atoms with E-state index in [1.54, 1.807) is 36.7 Å². The van der Waals surface area contributed by atoms with Crippen molar-refractivity contribution in [2.75, 3.05) is 18.4 Å². The fourth-order valence-corrected chi connectivity index (χ4v) is 3.06. The van der Waals surface area contributed by atoms with E-state index in [9.17, 15) is 9.59 Å². The fraction of sp³-hybridized carbons (Fsp3) is 0.263. The second-order valence-corrected chi connectivity index (χ2v) is 6.63. The number of rotatable bonds is 5. The molecule has 1 N–H and O–H groups in total. The van der Waals surface area contributed by atoms with Gasteiger partial charge in [0.2, 0.25) is 5.91 Å². The number of nitrogens with one attached hydrogen (secondary N) is 1. The Morgan fingerprint density at radius 1 is 1.27 bits per heavy atom. The van der Waals surface area contributed by atoms with Crippen molar-refractivity contribution in [1.29, 1.82) is 0 Å². The number of benzene rings is 1. The van der Waals surface area contributed by atoms with Gasteiger partial charge in [0, 0.05) is 43.2 Å². The Morgan fingerprint density at radius 3 is 2.62 bits per heavy atom. The van der Waals surface area contributed by atoms with Gasteiger partial charge in [-0.1, -0.05) is 18.2 Å². The first kappa shape index (κ1) is 18.1. The molecule has 0 saturated carbocycles. The Morgan fingerprint density at radius 2 is 1.96 bits per heavy atom. The quantitative estimate of drug-likeness (QED) is 0.821. The second kappa shape index (κ2) is 8.10. The van der Waals surface area contributed by atoms with E-state index in [-0.39, 0.29) is 11.8 Å². The smallest absolute Gasteiger partial charge is 0.253 e. The highest BCUT2D eigenvalue weighted by Gasteiger charge is 2.27. The Kier molecular flexibility index (Phi) is 5.63. The summed E-state index contributed by atoms with van der Waals surface area (Å²) in [5.41, 5.74) is 1.23. The SMILES string of the molecule is C=CC(=O)Nc1ccc(C(=O)N2CC[C@H](Cc3ncc(Cl)cn3)C2)cc1. The van der Waals surface area contributed by atoms with Crippen LogP contribution in [0.1, 0.15) is 22.6 Å². The van der Waals surface area contributed by atoms with Gasteiger partial charge in [-0.25, -0.2) is 9.97 Å². The maximum Gasteiger partial charge on any atom is 0.253 e. The Bertz CT molecular complexity index is 805. The third-order valence-electron chi connectivity index (χ3n) is 4.30. The van der Waals surface area contributed by atoms with Crippen LogP contribution in [0.15, 0.2) is 49.3 Å². The third-order valence-corrected chi connectivity index (χ3v) is 4.50. The molecule has 1 saturated heterocycles. The minimum absolute atomic E-state index is 0.00822. The normalized spacial score (nSPS) is 16.3. The van der Waals surface area contributed by atoms with Crippen LogP contribution < -0.4 is 5.32 Å². The molecule has 3 rings (SSSR count). The molecule has 2 aromatic rings. The van der Waals surface area contributed by atoms with Crippen molar-refractivity contribution in [2.45, 2.75) is 12.8 Å². The first-order valence-electron chi connectivity index (χ1n) is 8.34. The van der Waals surface area contributed by atoms with Gasteiger partial charge in [0.1, 0.15) is 5.82 Å². The van der Waals surface area contributed by atoms with Crippen LogP contribution in [0.4, 0.5) is 5.69 Å². The van der Waals surface area contributed by atoms with Crippen LogP contribution in [0.25, 0.3) is 0 Å². The zero-order valence-corrected chi connectivity index (χ0v) is 14.9. The van der Waals surface area contributed by atoms with Crippen molar-refractivity contribution in [1.82, 2.24) is 14.9 Å². The summed E-state index contributed by atoms with van der Waals surface area (Å²) < 4.78 is 0. The second-order valence-electron chi connectivity index (χ2n) is 6.20. The van der Waals surface area contributed by atoms with E-state index in [2.05, 4.69) is 21.9 Å². The molecule has 0 unspecified atom stereocenters. The summed E-state index contributed by atoms with van der Waals surface area (Å²) in [6, 6.07) is 6.86. The Labute approximate surface area is 156 Å². The fourth-order valence-electron chi connectivity index (χ4n) is 2.96. The zero-order chi connectivity index (χ0) is 18.5. The number of anilines is 1. The highest BCUT2D eigenvalue weighted by atomic mass is 35.5. The molecule has 1 atom stereocenters. The molecule has 1 aliphatic rings. The lowest BCUT2D eigenvalue weighted by Crippen LogP contribution is -2.29. The first-order chi connectivity index (χ1) is 12.5. The third kappa shape index (κ3) is 4.46. The number of hydrogen-bond donors (Lipinski definition) is 1. The van der Waals surface area contributed by atoms with Gasteiger partial charge in [-0.05, 0) is 42.7 Å².